The Balaban J connectivity index is 1.73. The Bertz CT molecular complexity index is 820. The third kappa shape index (κ3) is 2.83. The molecule has 1 unspecified atom stereocenters. The predicted molar refractivity (Wildman–Crippen MR) is 104 cm³/mol. The van der Waals surface area contributed by atoms with Crippen molar-refractivity contribution in [1.29, 1.82) is 0 Å². The van der Waals surface area contributed by atoms with Gasteiger partial charge in [0.25, 0.3) is 5.72 Å². The molecule has 0 saturated heterocycles. The molecule has 0 spiro atoms. The molecule has 0 aliphatic carbocycles. The molecule has 2 aromatic carbocycles. The van der Waals surface area contributed by atoms with Crippen molar-refractivity contribution in [3.05, 3.63) is 54.1 Å². The van der Waals surface area contributed by atoms with Crippen LogP contribution in [0.1, 0.15) is 12.0 Å². The SMILES string of the molecule is COc1ccc(N2CC(O)(c3ccc(OC)cc3)[N+]3=C2SCCC3)cc1. The monoisotopic (exact) mass is 371 g/mol. The van der Waals surface area contributed by atoms with E-state index in [0.29, 0.717) is 6.54 Å². The van der Waals surface area contributed by atoms with Crippen LogP contribution >= 0.6 is 11.8 Å². The molecule has 0 bridgehead atoms. The van der Waals surface area contributed by atoms with Crippen LogP contribution in [0.2, 0.25) is 0 Å². The molecule has 5 nitrogen and oxygen atoms in total. The smallest absolute Gasteiger partial charge is 0.316 e. The molecule has 2 aliphatic rings. The minimum absolute atomic E-state index is 0.494. The van der Waals surface area contributed by atoms with Gasteiger partial charge in [-0.3, -0.25) is 0 Å². The number of hydrogen-bond acceptors (Lipinski definition) is 5. The number of anilines is 1. The summed E-state index contributed by atoms with van der Waals surface area (Å²) in [5.74, 6) is 2.69. The summed E-state index contributed by atoms with van der Waals surface area (Å²) < 4.78 is 12.7. The van der Waals surface area contributed by atoms with Gasteiger partial charge in [0, 0.05) is 11.3 Å². The maximum Gasteiger partial charge on any atom is 0.316 e. The van der Waals surface area contributed by atoms with Gasteiger partial charge < -0.3 is 14.6 Å². The van der Waals surface area contributed by atoms with Crippen LogP contribution in [0.25, 0.3) is 0 Å². The molecular weight excluding hydrogens is 348 g/mol. The summed E-state index contributed by atoms with van der Waals surface area (Å²) in [5, 5.41) is 12.7. The van der Waals surface area contributed by atoms with Gasteiger partial charge in [-0.2, -0.15) is 0 Å². The number of thioether (sulfide) groups is 1. The summed E-state index contributed by atoms with van der Waals surface area (Å²) in [6.45, 7) is 1.34. The highest BCUT2D eigenvalue weighted by Gasteiger charge is 2.53. The number of amidine groups is 1. The lowest BCUT2D eigenvalue weighted by Gasteiger charge is -2.24. The zero-order valence-corrected chi connectivity index (χ0v) is 15.8. The van der Waals surface area contributed by atoms with Gasteiger partial charge in [0.15, 0.2) is 6.54 Å². The number of nitrogens with zero attached hydrogens (tertiary/aromatic N) is 2. The van der Waals surface area contributed by atoms with E-state index in [-0.39, 0.29) is 0 Å². The summed E-state index contributed by atoms with van der Waals surface area (Å²) in [4.78, 5) is 2.20. The zero-order valence-electron chi connectivity index (χ0n) is 15.0. The maximum absolute atomic E-state index is 11.6. The lowest BCUT2D eigenvalue weighted by Crippen LogP contribution is -2.41. The number of rotatable bonds is 4. The standard InChI is InChI=1S/C20H23N2O3S/c1-24-17-8-4-15(5-9-17)20(23)14-21(19-22(20)12-3-13-26-19)16-6-10-18(25-2)11-7-16/h4-11,23H,3,12-14H2,1-2H3/q+1. The fourth-order valence-corrected chi connectivity index (χ4v) is 4.75. The maximum atomic E-state index is 11.6. The third-order valence-corrected chi connectivity index (χ3v) is 6.17. The van der Waals surface area contributed by atoms with Crippen LogP contribution in [-0.2, 0) is 5.72 Å². The van der Waals surface area contributed by atoms with E-state index < -0.39 is 5.72 Å². The Hall–Kier alpha value is -2.18. The van der Waals surface area contributed by atoms with Crippen molar-refractivity contribution < 1.29 is 19.2 Å². The van der Waals surface area contributed by atoms with Crippen LogP contribution in [0.4, 0.5) is 5.69 Å². The Morgan fingerprint density at radius 2 is 1.62 bits per heavy atom. The summed E-state index contributed by atoms with van der Waals surface area (Å²) >= 11 is 1.80. The van der Waals surface area contributed by atoms with Gasteiger partial charge in [0.1, 0.15) is 17.2 Å². The molecule has 1 N–H and O–H groups in total. The number of hydrogen-bond donors (Lipinski definition) is 1. The minimum Gasteiger partial charge on any atom is -0.497 e. The molecule has 0 aromatic heterocycles. The van der Waals surface area contributed by atoms with Gasteiger partial charge in [-0.05, 0) is 66.7 Å². The first-order valence-corrected chi connectivity index (χ1v) is 9.70. The van der Waals surface area contributed by atoms with Gasteiger partial charge in [0.2, 0.25) is 0 Å². The van der Waals surface area contributed by atoms with Gasteiger partial charge in [-0.25, -0.2) is 9.48 Å². The second kappa shape index (κ2) is 6.85. The predicted octanol–water partition coefficient (Wildman–Crippen LogP) is 2.87. The Morgan fingerprint density at radius 1 is 1.00 bits per heavy atom. The molecule has 0 saturated carbocycles. The first-order valence-electron chi connectivity index (χ1n) is 8.71. The van der Waals surface area contributed by atoms with Gasteiger partial charge in [-0.1, -0.05) is 0 Å². The normalized spacial score (nSPS) is 22.3. The summed E-state index contributed by atoms with van der Waals surface area (Å²) in [7, 11) is 3.32. The van der Waals surface area contributed by atoms with E-state index in [1.807, 2.05) is 48.5 Å². The summed E-state index contributed by atoms with van der Waals surface area (Å²) in [6, 6.07) is 15.7. The molecule has 0 amide bonds. The number of ether oxygens (including phenoxy) is 2. The summed E-state index contributed by atoms with van der Waals surface area (Å²) in [6.07, 6.45) is 1.06. The minimum atomic E-state index is -1.05. The number of methoxy groups -OCH3 is 2. The molecular formula is C20H23N2O3S+. The molecule has 2 heterocycles. The van der Waals surface area contributed by atoms with E-state index >= 15 is 0 Å². The van der Waals surface area contributed by atoms with Crippen molar-refractivity contribution in [1.82, 2.24) is 0 Å². The average molecular weight is 371 g/mol. The van der Waals surface area contributed by atoms with E-state index in [0.717, 1.165) is 46.6 Å². The lowest BCUT2D eigenvalue weighted by atomic mass is 10.0. The van der Waals surface area contributed by atoms with Crippen LogP contribution < -0.4 is 14.4 Å². The highest BCUT2D eigenvalue weighted by atomic mass is 32.2. The fraction of sp³-hybridized carbons (Fsp3) is 0.350. The van der Waals surface area contributed by atoms with Crippen LogP contribution in [-0.4, -0.2) is 47.9 Å². The highest BCUT2D eigenvalue weighted by molar-refractivity contribution is 8.13. The van der Waals surface area contributed by atoms with Crippen LogP contribution in [0, 0.1) is 0 Å². The van der Waals surface area contributed by atoms with Crippen LogP contribution in [0.5, 0.6) is 11.5 Å². The van der Waals surface area contributed by atoms with E-state index in [9.17, 15) is 5.11 Å². The molecule has 0 radical (unpaired) electrons. The Kier molecular flexibility index (Phi) is 4.54. The molecule has 2 aliphatic heterocycles. The number of aliphatic hydroxyl groups is 1. The molecule has 1 atom stereocenters. The van der Waals surface area contributed by atoms with Crippen LogP contribution in [0.3, 0.4) is 0 Å². The van der Waals surface area contributed by atoms with E-state index in [2.05, 4.69) is 9.48 Å². The highest BCUT2D eigenvalue weighted by Crippen LogP contribution is 2.38. The molecule has 0 fully saturated rings. The third-order valence-electron chi connectivity index (χ3n) is 4.98. The van der Waals surface area contributed by atoms with Crippen molar-refractivity contribution in [3.63, 3.8) is 0 Å². The zero-order chi connectivity index (χ0) is 18.1. The Labute approximate surface area is 157 Å². The summed E-state index contributed by atoms with van der Waals surface area (Å²) in [5.41, 5.74) is 0.897. The van der Waals surface area contributed by atoms with E-state index in [4.69, 9.17) is 9.47 Å². The van der Waals surface area contributed by atoms with Crippen molar-refractivity contribution in [2.75, 3.05) is 38.0 Å². The molecule has 4 rings (SSSR count). The quantitative estimate of drug-likeness (QED) is 0.838. The van der Waals surface area contributed by atoms with Gasteiger partial charge >= 0.3 is 5.17 Å². The van der Waals surface area contributed by atoms with Gasteiger partial charge in [-0.15, -0.1) is 0 Å². The van der Waals surface area contributed by atoms with Crippen molar-refractivity contribution in [2.45, 2.75) is 12.1 Å². The molecule has 26 heavy (non-hydrogen) atoms. The lowest BCUT2D eigenvalue weighted by molar-refractivity contribution is -0.656. The molecule has 2 aromatic rings. The van der Waals surface area contributed by atoms with Crippen molar-refractivity contribution >= 4 is 22.6 Å². The Morgan fingerprint density at radius 3 is 2.23 bits per heavy atom. The number of benzene rings is 2. The van der Waals surface area contributed by atoms with Crippen LogP contribution in [0.15, 0.2) is 48.5 Å². The van der Waals surface area contributed by atoms with Crippen molar-refractivity contribution in [2.24, 2.45) is 0 Å². The number of β-amino-alcohol motifs (C(OH)–C–C–N with tert-alkyl or cyclic N) is 1. The first kappa shape index (κ1) is 17.2. The van der Waals surface area contributed by atoms with E-state index in [1.54, 1.807) is 26.0 Å². The largest absolute Gasteiger partial charge is 0.497 e. The average Bonchev–Trinajstić information content (AvgIpc) is 3.02. The second-order valence-corrected chi connectivity index (χ2v) is 7.53. The molecule has 6 heteroatoms. The fourth-order valence-electron chi connectivity index (χ4n) is 3.57. The van der Waals surface area contributed by atoms with Gasteiger partial charge in [0.05, 0.1) is 20.8 Å². The van der Waals surface area contributed by atoms with E-state index in [1.165, 1.54) is 0 Å². The van der Waals surface area contributed by atoms with Crippen molar-refractivity contribution in [3.8, 4) is 11.5 Å². The second-order valence-electron chi connectivity index (χ2n) is 6.47. The topological polar surface area (TPSA) is 44.9 Å². The first-order chi connectivity index (χ1) is 12.7. The molecule has 136 valence electrons.